The van der Waals surface area contributed by atoms with E-state index in [2.05, 4.69) is 15.3 Å². The van der Waals surface area contributed by atoms with Gasteiger partial charge in [0, 0.05) is 32.4 Å². The van der Waals surface area contributed by atoms with Crippen LogP contribution in [0.2, 0.25) is 0 Å². The molecule has 2 aromatic rings. The molecule has 1 aliphatic heterocycles. The van der Waals surface area contributed by atoms with Crippen LogP contribution in [-0.2, 0) is 7.05 Å². The molecule has 3 rings (SSSR count). The van der Waals surface area contributed by atoms with Crippen LogP contribution in [0.25, 0.3) is 0 Å². The molecule has 120 valence electrons. The summed E-state index contributed by atoms with van der Waals surface area (Å²) in [4.78, 5) is 2.15. The van der Waals surface area contributed by atoms with Gasteiger partial charge in [-0.25, -0.2) is 8.78 Å². The zero-order chi connectivity index (χ0) is 16.4. The molecule has 2 heterocycles. The van der Waals surface area contributed by atoms with Crippen LogP contribution >= 0.6 is 0 Å². The van der Waals surface area contributed by atoms with Crippen molar-refractivity contribution in [3.63, 3.8) is 0 Å². The number of nitriles is 1. The number of nitrogens with one attached hydrogen (secondary N) is 1. The molecule has 0 spiro atoms. The molecule has 5 nitrogen and oxygen atoms in total. The molecule has 1 aromatic carbocycles. The molecule has 1 saturated heterocycles. The van der Waals surface area contributed by atoms with Gasteiger partial charge in [-0.2, -0.15) is 10.4 Å². The first-order valence-electron chi connectivity index (χ1n) is 7.46. The number of halogens is 2. The fraction of sp³-hybridized carbons (Fsp3) is 0.375. The molecule has 1 aromatic heterocycles. The maximum Gasteiger partial charge on any atom is 0.150 e. The zero-order valence-electron chi connectivity index (χ0n) is 12.8. The van der Waals surface area contributed by atoms with Crippen LogP contribution in [0.1, 0.15) is 18.4 Å². The van der Waals surface area contributed by atoms with Crippen molar-refractivity contribution in [2.75, 3.05) is 23.3 Å². The number of nitrogens with zero attached hydrogens (tertiary/aromatic N) is 4. The maximum absolute atomic E-state index is 14.0. The third kappa shape index (κ3) is 3.26. The Hall–Kier alpha value is -2.62. The first-order chi connectivity index (χ1) is 11.1. The third-order valence-electron chi connectivity index (χ3n) is 4.00. The summed E-state index contributed by atoms with van der Waals surface area (Å²) in [6, 6.07) is 3.77. The van der Waals surface area contributed by atoms with Crippen LogP contribution in [0.3, 0.4) is 0 Å². The lowest BCUT2D eigenvalue weighted by Gasteiger charge is -2.34. The molecule has 1 fully saturated rings. The van der Waals surface area contributed by atoms with Crippen molar-refractivity contribution < 1.29 is 8.78 Å². The summed E-state index contributed by atoms with van der Waals surface area (Å²) in [6.07, 6.45) is 5.46. The van der Waals surface area contributed by atoms with Gasteiger partial charge >= 0.3 is 0 Å². The Balaban J connectivity index is 1.74. The van der Waals surface area contributed by atoms with E-state index in [0.717, 1.165) is 37.2 Å². The number of hydrogen-bond acceptors (Lipinski definition) is 4. The lowest BCUT2D eigenvalue weighted by atomic mass is 10.0. The van der Waals surface area contributed by atoms with Crippen molar-refractivity contribution in [1.82, 2.24) is 9.78 Å². The predicted molar refractivity (Wildman–Crippen MR) is 83.1 cm³/mol. The normalized spacial score (nSPS) is 17.8. The molecule has 7 heteroatoms. The lowest BCUT2D eigenvalue weighted by molar-refractivity contribution is 0.518. The van der Waals surface area contributed by atoms with E-state index in [4.69, 9.17) is 5.26 Å². The molecule has 0 aliphatic carbocycles. The number of rotatable bonds is 3. The van der Waals surface area contributed by atoms with Crippen molar-refractivity contribution >= 4 is 11.4 Å². The van der Waals surface area contributed by atoms with Gasteiger partial charge in [0.25, 0.3) is 0 Å². The highest BCUT2D eigenvalue weighted by atomic mass is 19.1. The minimum absolute atomic E-state index is 0.0221. The van der Waals surface area contributed by atoms with E-state index in [9.17, 15) is 8.78 Å². The van der Waals surface area contributed by atoms with Gasteiger partial charge in [0.2, 0.25) is 0 Å². The van der Waals surface area contributed by atoms with E-state index in [0.29, 0.717) is 6.54 Å². The average Bonchev–Trinajstić information content (AvgIpc) is 2.97. The Labute approximate surface area is 133 Å². The van der Waals surface area contributed by atoms with Crippen LogP contribution in [0.15, 0.2) is 24.5 Å². The molecule has 1 N–H and O–H groups in total. The van der Waals surface area contributed by atoms with Crippen LogP contribution in [-0.4, -0.2) is 28.9 Å². The summed E-state index contributed by atoms with van der Waals surface area (Å²) in [5.74, 6) is -1.47. The van der Waals surface area contributed by atoms with Crippen LogP contribution < -0.4 is 10.2 Å². The van der Waals surface area contributed by atoms with Gasteiger partial charge in [0.1, 0.15) is 5.69 Å². The number of benzene rings is 1. The molecule has 1 atom stereocenters. The SMILES string of the molecule is Cn1cc(N2CCC[C@@H](Nc3c(F)cc(C#N)cc3F)C2)cn1. The molecule has 23 heavy (non-hydrogen) atoms. The topological polar surface area (TPSA) is 56.9 Å². The monoisotopic (exact) mass is 317 g/mol. The second-order valence-corrected chi connectivity index (χ2v) is 5.73. The minimum Gasteiger partial charge on any atom is -0.376 e. The third-order valence-corrected chi connectivity index (χ3v) is 4.00. The molecule has 0 saturated carbocycles. The molecule has 0 unspecified atom stereocenters. The summed E-state index contributed by atoms with van der Waals surface area (Å²) in [5, 5.41) is 15.8. The first kappa shape index (κ1) is 15.3. The Bertz CT molecular complexity index is 726. The van der Waals surface area contributed by atoms with Crippen molar-refractivity contribution in [2.24, 2.45) is 7.05 Å². The highest BCUT2D eigenvalue weighted by Crippen LogP contribution is 2.25. The minimum atomic E-state index is -0.736. The van der Waals surface area contributed by atoms with E-state index in [1.807, 2.05) is 13.2 Å². The number of hydrogen-bond donors (Lipinski definition) is 1. The second-order valence-electron chi connectivity index (χ2n) is 5.73. The Morgan fingerprint density at radius 2 is 2.09 bits per heavy atom. The van der Waals surface area contributed by atoms with Gasteiger partial charge < -0.3 is 10.2 Å². The largest absolute Gasteiger partial charge is 0.376 e. The fourth-order valence-corrected chi connectivity index (χ4v) is 2.88. The predicted octanol–water partition coefficient (Wildman–Crippen LogP) is 2.65. The summed E-state index contributed by atoms with van der Waals surface area (Å²) in [5.41, 5.74) is 0.813. The van der Waals surface area contributed by atoms with E-state index < -0.39 is 11.6 Å². The van der Waals surface area contributed by atoms with Gasteiger partial charge in [0.05, 0.1) is 23.5 Å². The Kier molecular flexibility index (Phi) is 4.15. The average molecular weight is 317 g/mol. The summed E-state index contributed by atoms with van der Waals surface area (Å²) < 4.78 is 29.7. The molecular weight excluding hydrogens is 300 g/mol. The summed E-state index contributed by atoms with van der Waals surface area (Å²) in [7, 11) is 1.85. The van der Waals surface area contributed by atoms with E-state index in [1.54, 1.807) is 16.9 Å². The van der Waals surface area contributed by atoms with E-state index in [-0.39, 0.29) is 17.3 Å². The highest BCUT2D eigenvalue weighted by molar-refractivity contribution is 5.52. The lowest BCUT2D eigenvalue weighted by Crippen LogP contribution is -2.42. The van der Waals surface area contributed by atoms with Gasteiger partial charge in [-0.15, -0.1) is 0 Å². The van der Waals surface area contributed by atoms with Gasteiger partial charge in [-0.05, 0) is 25.0 Å². The van der Waals surface area contributed by atoms with Gasteiger partial charge in [0.15, 0.2) is 11.6 Å². The maximum atomic E-state index is 14.0. The van der Waals surface area contributed by atoms with Crippen LogP contribution in [0.5, 0.6) is 0 Å². The fourth-order valence-electron chi connectivity index (χ4n) is 2.88. The van der Waals surface area contributed by atoms with Crippen molar-refractivity contribution in [3.8, 4) is 6.07 Å². The van der Waals surface area contributed by atoms with E-state index in [1.165, 1.54) is 0 Å². The van der Waals surface area contributed by atoms with Gasteiger partial charge in [-0.1, -0.05) is 0 Å². The zero-order valence-corrected chi connectivity index (χ0v) is 12.8. The first-order valence-corrected chi connectivity index (χ1v) is 7.46. The number of aromatic nitrogens is 2. The van der Waals surface area contributed by atoms with Crippen molar-refractivity contribution in [3.05, 3.63) is 41.7 Å². The highest BCUT2D eigenvalue weighted by Gasteiger charge is 2.23. The van der Waals surface area contributed by atoms with Crippen molar-refractivity contribution in [1.29, 1.82) is 5.26 Å². The molecule has 0 amide bonds. The molecular formula is C16H17F2N5. The second kappa shape index (κ2) is 6.24. The Morgan fingerprint density at radius 1 is 1.35 bits per heavy atom. The van der Waals surface area contributed by atoms with Crippen LogP contribution in [0, 0.1) is 23.0 Å². The standard InChI is InChI=1S/C16H17F2N5/c1-22-10-13(8-20-22)23-4-2-3-12(9-23)21-16-14(17)5-11(7-19)6-15(16)18/h5-6,8,10,12,21H,2-4,9H2,1H3/t12-/m1/s1. The van der Waals surface area contributed by atoms with Crippen LogP contribution in [0.4, 0.5) is 20.2 Å². The Morgan fingerprint density at radius 3 is 2.70 bits per heavy atom. The summed E-state index contributed by atoms with van der Waals surface area (Å²) in [6.45, 7) is 1.53. The molecule has 0 radical (unpaired) electrons. The number of anilines is 2. The smallest absolute Gasteiger partial charge is 0.150 e. The quantitative estimate of drug-likeness (QED) is 0.945. The van der Waals surface area contributed by atoms with E-state index >= 15 is 0 Å². The van der Waals surface area contributed by atoms with Crippen molar-refractivity contribution in [2.45, 2.75) is 18.9 Å². The molecule has 1 aliphatic rings. The number of aryl methyl sites for hydroxylation is 1. The number of piperidine rings is 1. The summed E-state index contributed by atoms with van der Waals surface area (Å²) >= 11 is 0. The van der Waals surface area contributed by atoms with Gasteiger partial charge in [-0.3, -0.25) is 4.68 Å². The molecule has 0 bridgehead atoms.